The van der Waals surface area contributed by atoms with Crippen LogP contribution in [0, 0.1) is 18.3 Å². The van der Waals surface area contributed by atoms with Gasteiger partial charge in [-0.05, 0) is 13.2 Å². The molecule has 0 radical (unpaired) electrons. The fourth-order valence-corrected chi connectivity index (χ4v) is 1.91. The fraction of sp³-hybridized carbons (Fsp3) is 0.200. The molecule has 0 unspecified atom stereocenters. The van der Waals surface area contributed by atoms with Gasteiger partial charge in [-0.25, -0.2) is 9.97 Å². The van der Waals surface area contributed by atoms with Crippen LogP contribution < -0.4 is 5.73 Å². The minimum Gasteiger partial charge on any atom is -0.382 e. The Morgan fingerprint density at radius 3 is 2.76 bits per heavy atom. The zero-order chi connectivity index (χ0) is 12.4. The Kier molecular flexibility index (Phi) is 2.97. The Morgan fingerprint density at radius 2 is 2.24 bits per heavy atom. The maximum absolute atomic E-state index is 9.02. The number of rotatable bonds is 2. The molecule has 0 atom stereocenters. The van der Waals surface area contributed by atoms with Crippen LogP contribution in [0.4, 0.5) is 5.82 Å². The van der Waals surface area contributed by atoms with Gasteiger partial charge in [-0.15, -0.1) is 11.8 Å². The maximum Gasteiger partial charge on any atom is 0.159 e. The Morgan fingerprint density at radius 1 is 1.47 bits per heavy atom. The summed E-state index contributed by atoms with van der Waals surface area (Å²) in [5.41, 5.74) is 7.07. The van der Waals surface area contributed by atoms with E-state index in [-0.39, 0.29) is 0 Å². The van der Waals surface area contributed by atoms with Crippen molar-refractivity contribution in [3.05, 3.63) is 23.7 Å². The van der Waals surface area contributed by atoms with Gasteiger partial charge in [-0.2, -0.15) is 15.0 Å². The largest absolute Gasteiger partial charge is 0.382 e. The van der Waals surface area contributed by atoms with Gasteiger partial charge >= 0.3 is 0 Å². The summed E-state index contributed by atoms with van der Waals surface area (Å²) in [5, 5.41) is 13.9. The van der Waals surface area contributed by atoms with Crippen molar-refractivity contribution in [3.8, 4) is 11.9 Å². The van der Waals surface area contributed by atoms with Crippen molar-refractivity contribution in [3.63, 3.8) is 0 Å². The monoisotopic (exact) mass is 246 g/mol. The van der Waals surface area contributed by atoms with Gasteiger partial charge in [-0.3, -0.25) is 0 Å². The summed E-state index contributed by atoms with van der Waals surface area (Å²) < 4.78 is 1.46. The molecule has 0 aliphatic carbocycles. The summed E-state index contributed by atoms with van der Waals surface area (Å²) in [5.74, 6) is 0.863. The molecule has 17 heavy (non-hydrogen) atoms. The number of nitrogens with two attached hydrogens (primary N) is 1. The number of nitrogens with zero attached hydrogens (tertiary/aromatic N) is 5. The third kappa shape index (κ3) is 1.94. The topological polar surface area (TPSA) is 93.4 Å². The molecule has 2 aromatic rings. The lowest BCUT2D eigenvalue weighted by atomic mass is 10.3. The summed E-state index contributed by atoms with van der Waals surface area (Å²) in [4.78, 5) is 8.09. The van der Waals surface area contributed by atoms with Gasteiger partial charge in [0.2, 0.25) is 0 Å². The summed E-state index contributed by atoms with van der Waals surface area (Å²) >= 11 is 1.38. The van der Waals surface area contributed by atoms with Crippen molar-refractivity contribution < 1.29 is 0 Å². The standard InChI is InChI=1S/C10H10N6S/c1-6-3-8(14-5-13-6)16-9(12)7(4-11)10(15-16)17-2/h3,5H,12H2,1-2H3. The van der Waals surface area contributed by atoms with Crippen LogP contribution in [0.15, 0.2) is 17.4 Å². The lowest BCUT2D eigenvalue weighted by Gasteiger charge is -2.02. The zero-order valence-electron chi connectivity index (χ0n) is 9.38. The van der Waals surface area contributed by atoms with Crippen molar-refractivity contribution >= 4 is 17.6 Å². The van der Waals surface area contributed by atoms with E-state index in [1.807, 2.05) is 19.2 Å². The smallest absolute Gasteiger partial charge is 0.159 e. The van der Waals surface area contributed by atoms with E-state index in [0.29, 0.717) is 22.2 Å². The van der Waals surface area contributed by atoms with Crippen LogP contribution in [-0.4, -0.2) is 26.0 Å². The minimum atomic E-state index is 0.301. The number of aromatic nitrogens is 4. The van der Waals surface area contributed by atoms with E-state index in [4.69, 9.17) is 11.0 Å². The molecular formula is C10H10N6S. The first kappa shape index (κ1) is 11.4. The molecule has 2 rings (SSSR count). The predicted molar refractivity (Wildman–Crippen MR) is 64.8 cm³/mol. The van der Waals surface area contributed by atoms with Gasteiger partial charge in [0.1, 0.15) is 28.8 Å². The van der Waals surface area contributed by atoms with Crippen molar-refractivity contribution in [2.45, 2.75) is 11.9 Å². The van der Waals surface area contributed by atoms with E-state index in [9.17, 15) is 0 Å². The zero-order valence-corrected chi connectivity index (χ0v) is 10.2. The van der Waals surface area contributed by atoms with Crippen LogP contribution in [-0.2, 0) is 0 Å². The highest BCUT2D eigenvalue weighted by Gasteiger charge is 2.16. The normalized spacial score (nSPS) is 10.2. The molecule has 86 valence electrons. The molecule has 0 saturated heterocycles. The van der Waals surface area contributed by atoms with Gasteiger partial charge in [-0.1, -0.05) is 0 Å². The lowest BCUT2D eigenvalue weighted by molar-refractivity contribution is 0.810. The quantitative estimate of drug-likeness (QED) is 0.799. The third-order valence-corrected chi connectivity index (χ3v) is 2.87. The van der Waals surface area contributed by atoms with Crippen molar-refractivity contribution in [1.29, 1.82) is 5.26 Å². The molecular weight excluding hydrogens is 236 g/mol. The molecule has 0 saturated carbocycles. The molecule has 0 fully saturated rings. The van der Waals surface area contributed by atoms with Crippen LogP contribution in [0.25, 0.3) is 5.82 Å². The summed E-state index contributed by atoms with van der Waals surface area (Å²) in [6, 6.07) is 3.81. The molecule has 0 aliphatic rings. The second-order valence-corrected chi connectivity index (χ2v) is 4.11. The Bertz CT molecular complexity index is 597. The molecule has 7 heteroatoms. The molecule has 2 heterocycles. The minimum absolute atomic E-state index is 0.301. The number of thioether (sulfide) groups is 1. The van der Waals surface area contributed by atoms with Gasteiger partial charge in [0, 0.05) is 11.8 Å². The van der Waals surface area contributed by atoms with E-state index in [2.05, 4.69) is 15.1 Å². The molecule has 0 spiro atoms. The molecule has 0 aliphatic heterocycles. The molecule has 0 amide bonds. The van der Waals surface area contributed by atoms with Gasteiger partial charge in [0.15, 0.2) is 5.82 Å². The maximum atomic E-state index is 9.02. The fourth-order valence-electron chi connectivity index (χ4n) is 1.39. The Balaban J connectivity index is 2.61. The van der Waals surface area contributed by atoms with Gasteiger partial charge in [0.25, 0.3) is 0 Å². The molecule has 2 N–H and O–H groups in total. The van der Waals surface area contributed by atoms with Crippen LogP contribution in [0.3, 0.4) is 0 Å². The highest BCUT2D eigenvalue weighted by atomic mass is 32.2. The second-order valence-electron chi connectivity index (χ2n) is 3.31. The van der Waals surface area contributed by atoms with E-state index >= 15 is 0 Å². The average Bonchev–Trinajstić information content (AvgIpc) is 2.65. The van der Waals surface area contributed by atoms with E-state index < -0.39 is 0 Å². The van der Waals surface area contributed by atoms with Crippen LogP contribution >= 0.6 is 11.8 Å². The van der Waals surface area contributed by atoms with E-state index in [0.717, 1.165) is 5.69 Å². The molecule has 6 nitrogen and oxygen atoms in total. The molecule has 2 aromatic heterocycles. The predicted octanol–water partition coefficient (Wildman–Crippen LogP) is 1.15. The first-order valence-electron chi connectivity index (χ1n) is 4.79. The lowest BCUT2D eigenvalue weighted by Crippen LogP contribution is -2.05. The van der Waals surface area contributed by atoms with E-state index in [1.165, 1.54) is 22.8 Å². The second kappa shape index (κ2) is 4.43. The number of hydrogen-bond acceptors (Lipinski definition) is 6. The number of nitriles is 1. The van der Waals surface area contributed by atoms with Crippen LogP contribution in [0.2, 0.25) is 0 Å². The summed E-state index contributed by atoms with van der Waals surface area (Å²) in [7, 11) is 0. The first-order valence-corrected chi connectivity index (χ1v) is 6.01. The summed E-state index contributed by atoms with van der Waals surface area (Å²) in [6.45, 7) is 1.85. The first-order chi connectivity index (χ1) is 8.17. The van der Waals surface area contributed by atoms with Crippen molar-refractivity contribution in [1.82, 2.24) is 19.7 Å². The van der Waals surface area contributed by atoms with Gasteiger partial charge in [0.05, 0.1) is 0 Å². The SMILES string of the molecule is CSc1nn(-c2cc(C)ncn2)c(N)c1C#N. The summed E-state index contributed by atoms with van der Waals surface area (Å²) in [6.07, 6.45) is 3.29. The number of hydrogen-bond donors (Lipinski definition) is 1. The highest BCUT2D eigenvalue weighted by Crippen LogP contribution is 2.25. The molecule has 0 aromatic carbocycles. The van der Waals surface area contributed by atoms with Crippen molar-refractivity contribution in [2.75, 3.05) is 12.0 Å². The van der Waals surface area contributed by atoms with Crippen molar-refractivity contribution in [2.24, 2.45) is 0 Å². The number of nitrogen functional groups attached to an aromatic ring is 1. The number of aryl methyl sites for hydroxylation is 1. The Hall–Kier alpha value is -2.07. The van der Waals surface area contributed by atoms with Crippen LogP contribution in [0.1, 0.15) is 11.3 Å². The highest BCUT2D eigenvalue weighted by molar-refractivity contribution is 7.98. The number of anilines is 1. The van der Waals surface area contributed by atoms with Crippen LogP contribution in [0.5, 0.6) is 0 Å². The molecule has 0 bridgehead atoms. The van der Waals surface area contributed by atoms with E-state index in [1.54, 1.807) is 6.07 Å². The average molecular weight is 246 g/mol. The third-order valence-electron chi connectivity index (χ3n) is 2.20. The Labute approximate surface area is 102 Å². The van der Waals surface area contributed by atoms with Gasteiger partial charge < -0.3 is 5.73 Å².